The molecule has 4 heteroatoms. The number of fused-ring (bicyclic) bond motifs is 2. The lowest BCUT2D eigenvalue weighted by Gasteiger charge is -2.35. The molecular weight excluding hydrogens is 260 g/mol. The van der Waals surface area contributed by atoms with Gasteiger partial charge in [-0.2, -0.15) is 0 Å². The molecule has 21 heavy (non-hydrogen) atoms. The average Bonchev–Trinajstić information content (AvgIpc) is 2.69. The fraction of sp³-hybridized carbons (Fsp3) is 0.765. The molecule has 2 aliphatic heterocycles. The van der Waals surface area contributed by atoms with Crippen LogP contribution in [0.3, 0.4) is 0 Å². The van der Waals surface area contributed by atoms with E-state index < -0.39 is 0 Å². The molecule has 2 atom stereocenters. The summed E-state index contributed by atoms with van der Waals surface area (Å²) in [5, 5.41) is 3.47. The zero-order chi connectivity index (χ0) is 14.8. The molecule has 2 fully saturated rings. The Balaban J connectivity index is 1.63. The van der Waals surface area contributed by atoms with E-state index in [1.54, 1.807) is 0 Å². The van der Waals surface area contributed by atoms with E-state index in [0.717, 1.165) is 36.7 Å². The summed E-state index contributed by atoms with van der Waals surface area (Å²) in [6, 6.07) is 3.54. The number of rotatable bonds is 5. The van der Waals surface area contributed by atoms with Crippen molar-refractivity contribution in [1.29, 1.82) is 0 Å². The van der Waals surface area contributed by atoms with Crippen molar-refractivity contribution in [2.24, 2.45) is 5.92 Å². The smallest absolute Gasteiger partial charge is 0.131 e. The summed E-state index contributed by atoms with van der Waals surface area (Å²) in [6.45, 7) is 6.35. The summed E-state index contributed by atoms with van der Waals surface area (Å²) < 4.78 is 0. The van der Waals surface area contributed by atoms with E-state index in [2.05, 4.69) is 36.1 Å². The highest BCUT2D eigenvalue weighted by Crippen LogP contribution is 2.40. The van der Waals surface area contributed by atoms with Crippen molar-refractivity contribution in [3.05, 3.63) is 23.8 Å². The Morgan fingerprint density at radius 1 is 1.29 bits per heavy atom. The average molecular weight is 288 g/mol. The van der Waals surface area contributed by atoms with Crippen molar-refractivity contribution in [3.8, 4) is 0 Å². The van der Waals surface area contributed by atoms with Crippen LogP contribution in [0.4, 0.5) is 0 Å². The minimum atomic E-state index is 0.559. The van der Waals surface area contributed by atoms with Gasteiger partial charge in [0.15, 0.2) is 0 Å². The molecule has 1 aromatic rings. The van der Waals surface area contributed by atoms with Crippen molar-refractivity contribution in [2.45, 2.75) is 64.1 Å². The summed E-state index contributed by atoms with van der Waals surface area (Å²) >= 11 is 0. The van der Waals surface area contributed by atoms with E-state index in [0.29, 0.717) is 11.8 Å². The van der Waals surface area contributed by atoms with E-state index >= 15 is 0 Å². The Morgan fingerprint density at radius 3 is 2.67 bits per heavy atom. The molecule has 0 aromatic carbocycles. The van der Waals surface area contributed by atoms with Crippen LogP contribution >= 0.6 is 0 Å². The van der Waals surface area contributed by atoms with Gasteiger partial charge in [0.25, 0.3) is 0 Å². The lowest BCUT2D eigenvalue weighted by molar-refractivity contribution is 0.158. The highest BCUT2D eigenvalue weighted by Gasteiger charge is 2.39. The molecular formula is C17H28N4. The van der Waals surface area contributed by atoms with Crippen LogP contribution in [0.5, 0.6) is 0 Å². The predicted molar refractivity (Wildman–Crippen MR) is 85.1 cm³/mol. The molecule has 2 aliphatic rings. The van der Waals surface area contributed by atoms with Crippen molar-refractivity contribution in [3.63, 3.8) is 0 Å². The van der Waals surface area contributed by atoms with Gasteiger partial charge in [-0.05, 0) is 51.3 Å². The predicted octanol–water partition coefficient (Wildman–Crippen LogP) is 2.56. The Labute approximate surface area is 128 Å². The molecule has 0 saturated carbocycles. The Hall–Kier alpha value is -1.00. The molecule has 1 aromatic heterocycles. The molecule has 0 amide bonds. The first-order chi connectivity index (χ1) is 10.1. The van der Waals surface area contributed by atoms with Crippen LogP contribution in [0.15, 0.2) is 12.3 Å². The monoisotopic (exact) mass is 288 g/mol. The number of hydrogen-bond donors (Lipinski definition) is 1. The number of nitrogens with zero attached hydrogens (tertiary/aromatic N) is 3. The van der Waals surface area contributed by atoms with Gasteiger partial charge < -0.3 is 10.2 Å². The van der Waals surface area contributed by atoms with Gasteiger partial charge >= 0.3 is 0 Å². The first-order valence-electron chi connectivity index (χ1n) is 8.38. The Morgan fingerprint density at radius 2 is 2.00 bits per heavy atom. The normalized spacial score (nSPS) is 29.2. The van der Waals surface area contributed by atoms with Crippen LogP contribution in [0.25, 0.3) is 0 Å². The van der Waals surface area contributed by atoms with Gasteiger partial charge in [0.05, 0.1) is 5.69 Å². The SMILES string of the molecule is CC(C)CNCc1ccnc(C2CC3CCC(C2)N3C)n1. The van der Waals surface area contributed by atoms with Gasteiger partial charge in [0, 0.05) is 30.7 Å². The molecule has 2 bridgehead atoms. The van der Waals surface area contributed by atoms with Gasteiger partial charge in [0.2, 0.25) is 0 Å². The molecule has 0 spiro atoms. The maximum absolute atomic E-state index is 4.82. The van der Waals surface area contributed by atoms with E-state index in [-0.39, 0.29) is 0 Å². The van der Waals surface area contributed by atoms with Gasteiger partial charge in [-0.15, -0.1) is 0 Å². The second kappa shape index (κ2) is 6.41. The summed E-state index contributed by atoms with van der Waals surface area (Å²) in [5.41, 5.74) is 1.13. The third kappa shape index (κ3) is 3.43. The molecule has 0 radical (unpaired) electrons. The standard InChI is InChI=1S/C17H28N4/c1-12(2)10-18-11-14-6-7-19-17(20-14)13-8-15-4-5-16(9-13)21(15)3/h6-7,12-13,15-16,18H,4-5,8-11H2,1-3H3. The lowest BCUT2D eigenvalue weighted by atomic mass is 9.90. The van der Waals surface area contributed by atoms with Crippen LogP contribution in [0.2, 0.25) is 0 Å². The fourth-order valence-electron chi connectivity index (χ4n) is 3.82. The maximum atomic E-state index is 4.82. The summed E-state index contributed by atoms with van der Waals surface area (Å²) in [6.07, 6.45) is 7.11. The van der Waals surface area contributed by atoms with Gasteiger partial charge in [0.1, 0.15) is 5.82 Å². The largest absolute Gasteiger partial charge is 0.311 e. The van der Waals surface area contributed by atoms with Crippen molar-refractivity contribution < 1.29 is 0 Å². The molecule has 1 N–H and O–H groups in total. The second-order valence-electron chi connectivity index (χ2n) is 7.15. The van der Waals surface area contributed by atoms with Gasteiger partial charge in [-0.1, -0.05) is 13.8 Å². The van der Waals surface area contributed by atoms with Crippen LogP contribution in [0, 0.1) is 5.92 Å². The van der Waals surface area contributed by atoms with Crippen LogP contribution < -0.4 is 5.32 Å². The zero-order valence-corrected chi connectivity index (χ0v) is 13.5. The lowest BCUT2D eigenvalue weighted by Crippen LogP contribution is -2.39. The number of nitrogens with one attached hydrogen (secondary N) is 1. The number of aromatic nitrogens is 2. The van der Waals surface area contributed by atoms with E-state index in [4.69, 9.17) is 4.98 Å². The Bertz CT molecular complexity index is 460. The highest BCUT2D eigenvalue weighted by atomic mass is 15.2. The topological polar surface area (TPSA) is 41.1 Å². The number of hydrogen-bond acceptors (Lipinski definition) is 4. The van der Waals surface area contributed by atoms with Crippen LogP contribution in [0.1, 0.15) is 57.0 Å². The fourth-order valence-corrected chi connectivity index (χ4v) is 3.82. The highest BCUT2D eigenvalue weighted by molar-refractivity contribution is 5.10. The first-order valence-corrected chi connectivity index (χ1v) is 8.38. The molecule has 116 valence electrons. The molecule has 2 saturated heterocycles. The van der Waals surface area contributed by atoms with Crippen LogP contribution in [-0.4, -0.2) is 40.5 Å². The minimum Gasteiger partial charge on any atom is -0.311 e. The summed E-state index contributed by atoms with van der Waals surface area (Å²) in [7, 11) is 2.28. The van der Waals surface area contributed by atoms with E-state index in [1.165, 1.54) is 25.7 Å². The summed E-state index contributed by atoms with van der Waals surface area (Å²) in [5.74, 6) is 2.31. The second-order valence-corrected chi connectivity index (χ2v) is 7.15. The quantitative estimate of drug-likeness (QED) is 0.904. The summed E-state index contributed by atoms with van der Waals surface area (Å²) in [4.78, 5) is 12.0. The molecule has 2 unspecified atom stereocenters. The van der Waals surface area contributed by atoms with E-state index in [1.807, 2.05) is 12.3 Å². The molecule has 4 nitrogen and oxygen atoms in total. The van der Waals surface area contributed by atoms with Crippen molar-refractivity contribution in [1.82, 2.24) is 20.2 Å². The van der Waals surface area contributed by atoms with Crippen LogP contribution in [-0.2, 0) is 6.54 Å². The van der Waals surface area contributed by atoms with Gasteiger partial charge in [-0.3, -0.25) is 0 Å². The molecule has 0 aliphatic carbocycles. The minimum absolute atomic E-state index is 0.559. The zero-order valence-electron chi connectivity index (χ0n) is 13.5. The van der Waals surface area contributed by atoms with Crippen molar-refractivity contribution in [2.75, 3.05) is 13.6 Å². The third-order valence-corrected chi connectivity index (χ3v) is 5.05. The Kier molecular flexibility index (Phi) is 4.55. The van der Waals surface area contributed by atoms with E-state index in [9.17, 15) is 0 Å². The third-order valence-electron chi connectivity index (χ3n) is 5.05. The maximum Gasteiger partial charge on any atom is 0.131 e. The number of piperidine rings is 1. The van der Waals surface area contributed by atoms with Gasteiger partial charge in [-0.25, -0.2) is 9.97 Å². The first kappa shape index (κ1) is 14.9. The molecule has 3 heterocycles. The van der Waals surface area contributed by atoms with Crippen molar-refractivity contribution >= 4 is 0 Å². The molecule has 3 rings (SSSR count).